The molecule has 0 aliphatic rings. The van der Waals surface area contributed by atoms with Crippen molar-refractivity contribution in [3.63, 3.8) is 0 Å². The van der Waals surface area contributed by atoms with Crippen molar-refractivity contribution in [2.45, 2.75) is 12.1 Å². The van der Waals surface area contributed by atoms with Crippen LogP contribution in [0.2, 0.25) is 0 Å². The molecule has 0 heterocycles. The van der Waals surface area contributed by atoms with Crippen molar-refractivity contribution in [1.29, 1.82) is 0 Å². The molecule has 0 aromatic heterocycles. The van der Waals surface area contributed by atoms with E-state index in [1.807, 2.05) is 0 Å². The van der Waals surface area contributed by atoms with Crippen molar-refractivity contribution in [2.75, 3.05) is 13.2 Å². The van der Waals surface area contributed by atoms with E-state index in [4.69, 9.17) is 10.2 Å². The van der Waals surface area contributed by atoms with E-state index in [2.05, 4.69) is 0 Å². The SMILES string of the molecule is OC/C(I)=C(/CO)C(F)(F)C(F)(F)F. The molecule has 0 unspecified atom stereocenters. The fourth-order valence-electron chi connectivity index (χ4n) is 0.622. The average molecular weight is 332 g/mol. The molecule has 0 saturated carbocycles. The smallest absolute Gasteiger partial charge is 0.392 e. The summed E-state index contributed by atoms with van der Waals surface area (Å²) in [6.45, 7) is -2.42. The van der Waals surface area contributed by atoms with E-state index >= 15 is 0 Å². The predicted octanol–water partition coefficient (Wildman–Crippen LogP) is 1.86. The Kier molecular flexibility index (Phi) is 4.72. The number of alkyl halides is 5. The molecule has 0 atom stereocenters. The van der Waals surface area contributed by atoms with Crippen LogP contribution in [-0.2, 0) is 0 Å². The summed E-state index contributed by atoms with van der Waals surface area (Å²) in [6, 6.07) is 0. The zero-order valence-corrected chi connectivity index (χ0v) is 8.73. The average Bonchev–Trinajstić information content (AvgIpc) is 2.02. The van der Waals surface area contributed by atoms with E-state index in [-0.39, 0.29) is 0 Å². The van der Waals surface area contributed by atoms with E-state index in [0.29, 0.717) is 0 Å². The highest BCUT2D eigenvalue weighted by Crippen LogP contribution is 2.42. The van der Waals surface area contributed by atoms with Crippen LogP contribution in [0.3, 0.4) is 0 Å². The van der Waals surface area contributed by atoms with Crippen molar-refractivity contribution < 1.29 is 32.2 Å². The van der Waals surface area contributed by atoms with E-state index in [9.17, 15) is 22.0 Å². The van der Waals surface area contributed by atoms with Gasteiger partial charge in [0.1, 0.15) is 0 Å². The quantitative estimate of drug-likeness (QED) is 0.612. The molecule has 0 fully saturated rings. The van der Waals surface area contributed by atoms with Crippen LogP contribution in [0.1, 0.15) is 0 Å². The summed E-state index contributed by atoms with van der Waals surface area (Å²) in [7, 11) is 0. The summed E-state index contributed by atoms with van der Waals surface area (Å²) in [6.07, 6.45) is -5.77. The Balaban J connectivity index is 5.25. The third-order valence-corrected chi connectivity index (χ3v) is 2.35. The van der Waals surface area contributed by atoms with Crippen LogP contribution in [0.15, 0.2) is 9.15 Å². The number of hydrogen-bond acceptors (Lipinski definition) is 2. The monoisotopic (exact) mass is 332 g/mol. The van der Waals surface area contributed by atoms with Crippen LogP contribution in [0.5, 0.6) is 0 Å². The topological polar surface area (TPSA) is 40.5 Å². The molecule has 0 amide bonds. The molecule has 14 heavy (non-hydrogen) atoms. The fourth-order valence-corrected chi connectivity index (χ4v) is 1.13. The number of aliphatic hydroxyl groups excluding tert-OH is 2. The van der Waals surface area contributed by atoms with Crippen LogP contribution in [-0.4, -0.2) is 35.5 Å². The molecule has 0 bridgehead atoms. The minimum Gasteiger partial charge on any atom is -0.392 e. The summed E-state index contributed by atoms with van der Waals surface area (Å²) in [5, 5.41) is 16.8. The minimum absolute atomic E-state index is 0.618. The predicted molar refractivity (Wildman–Crippen MR) is 46.2 cm³/mol. The maximum atomic E-state index is 12.6. The van der Waals surface area contributed by atoms with Gasteiger partial charge in [-0.2, -0.15) is 22.0 Å². The van der Waals surface area contributed by atoms with Gasteiger partial charge in [-0.1, -0.05) is 0 Å². The van der Waals surface area contributed by atoms with Gasteiger partial charge < -0.3 is 10.2 Å². The van der Waals surface area contributed by atoms with E-state index in [1.165, 1.54) is 0 Å². The summed E-state index contributed by atoms with van der Waals surface area (Å²) < 4.78 is 59.9. The third kappa shape index (κ3) is 2.76. The second-order valence-electron chi connectivity index (χ2n) is 2.27. The highest BCUT2D eigenvalue weighted by atomic mass is 127. The van der Waals surface area contributed by atoms with Gasteiger partial charge in [0, 0.05) is 9.15 Å². The normalized spacial score (nSPS) is 15.4. The van der Waals surface area contributed by atoms with Gasteiger partial charge in [-0.3, -0.25) is 0 Å². The Bertz CT molecular complexity index is 235. The first kappa shape index (κ1) is 14.0. The first-order chi connectivity index (χ1) is 6.18. The Morgan fingerprint density at radius 2 is 1.43 bits per heavy atom. The van der Waals surface area contributed by atoms with Crippen LogP contribution in [0, 0.1) is 0 Å². The largest absolute Gasteiger partial charge is 0.457 e. The number of hydrogen-bond donors (Lipinski definition) is 2. The van der Waals surface area contributed by atoms with Gasteiger partial charge in [-0.15, -0.1) is 0 Å². The Morgan fingerprint density at radius 3 is 1.64 bits per heavy atom. The molecule has 0 spiro atoms. The van der Waals surface area contributed by atoms with Crippen molar-refractivity contribution in [3.05, 3.63) is 9.15 Å². The number of rotatable bonds is 3. The molecule has 2 nitrogen and oxygen atoms in total. The molecule has 0 aromatic carbocycles. The Labute approximate surface area is 89.6 Å². The van der Waals surface area contributed by atoms with Gasteiger partial charge in [0.05, 0.1) is 13.2 Å². The lowest BCUT2D eigenvalue weighted by molar-refractivity contribution is -0.266. The highest BCUT2D eigenvalue weighted by Gasteiger charge is 2.60. The van der Waals surface area contributed by atoms with E-state index in [1.54, 1.807) is 0 Å². The van der Waals surface area contributed by atoms with Crippen LogP contribution >= 0.6 is 22.6 Å². The molecule has 0 aliphatic heterocycles. The molecular weight excluding hydrogens is 326 g/mol. The first-order valence-corrected chi connectivity index (χ1v) is 4.30. The lowest BCUT2D eigenvalue weighted by atomic mass is 10.1. The van der Waals surface area contributed by atoms with E-state index in [0.717, 1.165) is 22.6 Å². The number of aliphatic hydroxyl groups is 2. The molecule has 84 valence electrons. The summed E-state index contributed by atoms with van der Waals surface area (Å²) >= 11 is 1.12. The minimum atomic E-state index is -5.77. The highest BCUT2D eigenvalue weighted by molar-refractivity contribution is 14.1. The zero-order chi connectivity index (χ0) is 11.6. The van der Waals surface area contributed by atoms with Crippen molar-refractivity contribution >= 4 is 22.6 Å². The third-order valence-electron chi connectivity index (χ3n) is 1.36. The standard InChI is InChI=1S/C6H6F5IO2/c7-5(8,6(9,10)11)3(1-13)4(12)2-14/h13-14H,1-2H2/b4-3+. The van der Waals surface area contributed by atoms with Crippen LogP contribution < -0.4 is 0 Å². The second kappa shape index (κ2) is 4.71. The molecule has 2 N–H and O–H groups in total. The van der Waals surface area contributed by atoms with Gasteiger partial charge in [-0.05, 0) is 22.6 Å². The van der Waals surface area contributed by atoms with Crippen LogP contribution in [0.4, 0.5) is 22.0 Å². The molecule has 0 saturated heterocycles. The van der Waals surface area contributed by atoms with Gasteiger partial charge in [-0.25, -0.2) is 0 Å². The molecule has 0 aromatic rings. The van der Waals surface area contributed by atoms with Crippen molar-refractivity contribution in [1.82, 2.24) is 0 Å². The Hall–Kier alpha value is 0.0400. The van der Waals surface area contributed by atoms with E-state index < -0.39 is 34.5 Å². The zero-order valence-electron chi connectivity index (χ0n) is 6.58. The summed E-state index contributed by atoms with van der Waals surface area (Å²) in [5.74, 6) is -5.11. The van der Waals surface area contributed by atoms with Gasteiger partial charge in [0.25, 0.3) is 0 Å². The molecular formula is C6H6F5IO2. The van der Waals surface area contributed by atoms with Gasteiger partial charge in [0.2, 0.25) is 0 Å². The fraction of sp³-hybridized carbons (Fsp3) is 0.667. The molecule has 8 heteroatoms. The van der Waals surface area contributed by atoms with Crippen molar-refractivity contribution in [2.24, 2.45) is 0 Å². The maximum absolute atomic E-state index is 12.6. The van der Waals surface area contributed by atoms with Crippen LogP contribution in [0.25, 0.3) is 0 Å². The van der Waals surface area contributed by atoms with Gasteiger partial charge in [0.15, 0.2) is 0 Å². The Morgan fingerprint density at radius 1 is 1.00 bits per heavy atom. The summed E-state index contributed by atoms with van der Waals surface area (Å²) in [5.41, 5.74) is -1.52. The summed E-state index contributed by atoms with van der Waals surface area (Å²) in [4.78, 5) is 0. The van der Waals surface area contributed by atoms with Crippen molar-refractivity contribution in [3.8, 4) is 0 Å². The van der Waals surface area contributed by atoms with Gasteiger partial charge >= 0.3 is 12.1 Å². The molecule has 0 rings (SSSR count). The number of halogens is 6. The lowest BCUT2D eigenvalue weighted by Crippen LogP contribution is -2.40. The lowest BCUT2D eigenvalue weighted by Gasteiger charge is -2.22. The molecule has 0 aliphatic carbocycles. The second-order valence-corrected chi connectivity index (χ2v) is 3.57. The molecule has 0 radical (unpaired) electrons. The first-order valence-electron chi connectivity index (χ1n) is 3.22. The maximum Gasteiger partial charge on any atom is 0.457 e.